The molecule has 0 aromatic heterocycles. The first-order chi connectivity index (χ1) is 3.85. The summed E-state index contributed by atoms with van der Waals surface area (Å²) in [6.45, 7) is 4.21. The van der Waals surface area contributed by atoms with Crippen LogP contribution in [0.15, 0.2) is 0 Å². The molecule has 0 aliphatic heterocycles. The molecule has 1 atom stereocenters. The van der Waals surface area contributed by atoms with Crippen LogP contribution in [0.25, 0.3) is 0 Å². The zero-order valence-electron chi connectivity index (χ0n) is 5.79. The third-order valence-corrected chi connectivity index (χ3v) is 1.34. The van der Waals surface area contributed by atoms with Crippen LogP contribution in [0, 0.1) is 10.1 Å². The summed E-state index contributed by atoms with van der Waals surface area (Å²) in [7, 11) is 0. The van der Waals surface area contributed by atoms with E-state index in [-0.39, 0.29) is 0 Å². The Morgan fingerprint density at radius 1 is 1.67 bits per heavy atom. The highest BCUT2D eigenvalue weighted by Gasteiger charge is 2.31. The van der Waals surface area contributed by atoms with Crippen LogP contribution in [-0.4, -0.2) is 21.7 Å². The molecular weight excluding hydrogens is 122 g/mol. The van der Waals surface area contributed by atoms with Crippen molar-refractivity contribution in [2.75, 3.05) is 0 Å². The van der Waals surface area contributed by atoms with Gasteiger partial charge < -0.3 is 5.11 Å². The van der Waals surface area contributed by atoms with Gasteiger partial charge in [-0.2, -0.15) is 0 Å². The highest BCUT2D eigenvalue weighted by atomic mass is 16.6. The molecule has 0 saturated heterocycles. The first-order valence-electron chi connectivity index (χ1n) is 2.71. The standard InChI is InChI=1S/C5H11NO3/c1-4(6(8)9)5(2,3)7/h4,7H,1-3H3. The molecule has 0 aromatic rings. The Morgan fingerprint density at radius 3 is 2.00 bits per heavy atom. The van der Waals surface area contributed by atoms with Gasteiger partial charge in [-0.15, -0.1) is 0 Å². The zero-order chi connectivity index (χ0) is 7.65. The first kappa shape index (κ1) is 8.36. The largest absolute Gasteiger partial charge is 0.383 e. The molecule has 4 nitrogen and oxygen atoms in total. The molecule has 9 heavy (non-hydrogen) atoms. The molecule has 0 amide bonds. The molecule has 54 valence electrons. The van der Waals surface area contributed by atoms with E-state index in [1.807, 2.05) is 0 Å². The van der Waals surface area contributed by atoms with E-state index >= 15 is 0 Å². The Balaban J connectivity index is 4.04. The number of hydrogen-bond acceptors (Lipinski definition) is 3. The van der Waals surface area contributed by atoms with Crippen LogP contribution in [-0.2, 0) is 0 Å². The topological polar surface area (TPSA) is 63.4 Å². The fourth-order valence-electron chi connectivity index (χ4n) is 0.258. The lowest BCUT2D eigenvalue weighted by Crippen LogP contribution is -2.39. The van der Waals surface area contributed by atoms with Crippen molar-refractivity contribution < 1.29 is 10.0 Å². The molecule has 0 bridgehead atoms. The second-order valence-corrected chi connectivity index (χ2v) is 2.61. The van der Waals surface area contributed by atoms with Crippen LogP contribution in [0.5, 0.6) is 0 Å². The summed E-state index contributed by atoms with van der Waals surface area (Å²) < 4.78 is 0. The lowest BCUT2D eigenvalue weighted by molar-refractivity contribution is -0.538. The summed E-state index contributed by atoms with van der Waals surface area (Å²) in [5.74, 6) is 0. The van der Waals surface area contributed by atoms with Crippen LogP contribution < -0.4 is 0 Å². The fraction of sp³-hybridized carbons (Fsp3) is 1.00. The maximum atomic E-state index is 9.99. The molecule has 0 spiro atoms. The van der Waals surface area contributed by atoms with Gasteiger partial charge in [0.15, 0.2) is 0 Å². The quantitative estimate of drug-likeness (QED) is 0.438. The van der Waals surface area contributed by atoms with Gasteiger partial charge in [0.1, 0.15) is 5.60 Å². The van der Waals surface area contributed by atoms with E-state index in [0.717, 1.165) is 0 Å². The molecule has 0 radical (unpaired) electrons. The summed E-state index contributed by atoms with van der Waals surface area (Å²) >= 11 is 0. The van der Waals surface area contributed by atoms with Crippen molar-refractivity contribution in [1.82, 2.24) is 0 Å². The summed E-state index contributed by atoms with van der Waals surface area (Å²) in [6, 6.07) is -0.905. The van der Waals surface area contributed by atoms with Gasteiger partial charge in [-0.3, -0.25) is 10.1 Å². The predicted molar refractivity (Wildman–Crippen MR) is 32.8 cm³/mol. The van der Waals surface area contributed by atoms with Crippen molar-refractivity contribution >= 4 is 0 Å². The Kier molecular flexibility index (Phi) is 2.14. The highest BCUT2D eigenvalue weighted by Crippen LogP contribution is 2.09. The van der Waals surface area contributed by atoms with Crippen LogP contribution in [0.2, 0.25) is 0 Å². The number of nitrogens with zero attached hydrogens (tertiary/aromatic N) is 1. The molecule has 4 heteroatoms. The van der Waals surface area contributed by atoms with E-state index in [1.54, 1.807) is 0 Å². The monoisotopic (exact) mass is 133 g/mol. The molecule has 0 aromatic carbocycles. The predicted octanol–water partition coefficient (Wildman–Crippen LogP) is 0.423. The molecule has 0 fully saturated rings. The van der Waals surface area contributed by atoms with E-state index in [2.05, 4.69) is 0 Å². The van der Waals surface area contributed by atoms with Gasteiger partial charge in [-0.05, 0) is 13.8 Å². The normalized spacial score (nSPS) is 15.1. The lowest BCUT2D eigenvalue weighted by atomic mass is 10.0. The third kappa shape index (κ3) is 2.41. The van der Waals surface area contributed by atoms with E-state index in [9.17, 15) is 10.1 Å². The Hall–Kier alpha value is -0.640. The van der Waals surface area contributed by atoms with Gasteiger partial charge in [-0.25, -0.2) is 0 Å². The van der Waals surface area contributed by atoms with Gasteiger partial charge in [0.25, 0.3) is 0 Å². The zero-order valence-corrected chi connectivity index (χ0v) is 5.79. The Labute approximate surface area is 53.6 Å². The van der Waals surface area contributed by atoms with Gasteiger partial charge in [0.2, 0.25) is 6.04 Å². The average molecular weight is 133 g/mol. The fourth-order valence-corrected chi connectivity index (χ4v) is 0.258. The molecule has 1 unspecified atom stereocenters. The maximum Gasteiger partial charge on any atom is 0.238 e. The summed E-state index contributed by atoms with van der Waals surface area (Å²) in [6.07, 6.45) is 0. The molecule has 0 rings (SSSR count). The molecule has 1 N–H and O–H groups in total. The van der Waals surface area contributed by atoms with E-state index in [1.165, 1.54) is 20.8 Å². The second-order valence-electron chi connectivity index (χ2n) is 2.61. The maximum absolute atomic E-state index is 9.99. The van der Waals surface area contributed by atoms with Crippen molar-refractivity contribution in [2.24, 2.45) is 0 Å². The number of rotatable bonds is 2. The van der Waals surface area contributed by atoms with Crippen LogP contribution >= 0.6 is 0 Å². The van der Waals surface area contributed by atoms with Crippen molar-refractivity contribution in [2.45, 2.75) is 32.4 Å². The Morgan fingerprint density at radius 2 is 2.00 bits per heavy atom. The SMILES string of the molecule is CC([N+](=O)[O-])C(C)(C)O. The minimum Gasteiger partial charge on any atom is -0.383 e. The van der Waals surface area contributed by atoms with E-state index < -0.39 is 16.6 Å². The molecule has 0 aliphatic rings. The minimum atomic E-state index is -1.22. The van der Waals surface area contributed by atoms with Crippen molar-refractivity contribution in [3.05, 3.63) is 10.1 Å². The van der Waals surface area contributed by atoms with Gasteiger partial charge in [0, 0.05) is 11.8 Å². The Bertz CT molecular complexity index is 116. The van der Waals surface area contributed by atoms with Crippen LogP contribution in [0.1, 0.15) is 20.8 Å². The van der Waals surface area contributed by atoms with E-state index in [0.29, 0.717) is 0 Å². The van der Waals surface area contributed by atoms with Gasteiger partial charge >= 0.3 is 0 Å². The smallest absolute Gasteiger partial charge is 0.238 e. The number of aliphatic hydroxyl groups is 1. The summed E-state index contributed by atoms with van der Waals surface area (Å²) in [5, 5.41) is 19.0. The molecular formula is C5H11NO3. The highest BCUT2D eigenvalue weighted by molar-refractivity contribution is 4.71. The molecule has 0 heterocycles. The van der Waals surface area contributed by atoms with Crippen molar-refractivity contribution in [3.63, 3.8) is 0 Å². The number of nitro groups is 1. The summed E-state index contributed by atoms with van der Waals surface area (Å²) in [5.41, 5.74) is -1.22. The summed E-state index contributed by atoms with van der Waals surface area (Å²) in [4.78, 5) is 9.49. The molecule has 0 aliphatic carbocycles. The van der Waals surface area contributed by atoms with Gasteiger partial charge in [0.05, 0.1) is 0 Å². The second kappa shape index (κ2) is 2.31. The third-order valence-electron chi connectivity index (χ3n) is 1.34. The number of hydrogen-bond donors (Lipinski definition) is 1. The van der Waals surface area contributed by atoms with Crippen molar-refractivity contribution in [1.29, 1.82) is 0 Å². The van der Waals surface area contributed by atoms with E-state index in [4.69, 9.17) is 5.11 Å². The first-order valence-corrected chi connectivity index (χ1v) is 2.71. The average Bonchev–Trinajstić information content (AvgIpc) is 1.62. The van der Waals surface area contributed by atoms with Gasteiger partial charge in [-0.1, -0.05) is 0 Å². The van der Waals surface area contributed by atoms with Crippen LogP contribution in [0.4, 0.5) is 0 Å². The van der Waals surface area contributed by atoms with Crippen LogP contribution in [0.3, 0.4) is 0 Å². The molecule has 0 saturated carbocycles. The minimum absolute atomic E-state index is 0.500. The lowest BCUT2D eigenvalue weighted by Gasteiger charge is -2.17. The van der Waals surface area contributed by atoms with Crippen molar-refractivity contribution in [3.8, 4) is 0 Å².